The molecular weight excluding hydrogens is 388 g/mol. The molecule has 1 amide bonds. The van der Waals surface area contributed by atoms with Gasteiger partial charge in [0.1, 0.15) is 5.01 Å². The summed E-state index contributed by atoms with van der Waals surface area (Å²) in [5.41, 5.74) is 2.26. The summed E-state index contributed by atoms with van der Waals surface area (Å²) in [5, 5.41) is 12.2. The summed E-state index contributed by atoms with van der Waals surface area (Å²) in [6, 6.07) is 12.0. The van der Waals surface area contributed by atoms with Crippen LogP contribution in [0.25, 0.3) is 0 Å². The fourth-order valence-corrected chi connectivity index (χ4v) is 4.37. The molecule has 2 heterocycles. The molecule has 0 fully saturated rings. The molecule has 0 radical (unpaired) electrons. The molecule has 5 nitrogen and oxygen atoms in total. The highest BCUT2D eigenvalue weighted by atomic mass is 35.5. The Morgan fingerprint density at radius 1 is 1.12 bits per heavy atom. The number of rotatable bonds is 7. The van der Waals surface area contributed by atoms with Crippen molar-refractivity contribution >= 4 is 40.2 Å². The van der Waals surface area contributed by atoms with Crippen molar-refractivity contribution in [3.63, 3.8) is 0 Å². The van der Waals surface area contributed by atoms with Crippen LogP contribution in [-0.4, -0.2) is 28.1 Å². The maximum atomic E-state index is 12.2. The molecule has 0 bridgehead atoms. The Balaban J connectivity index is 1.51. The van der Waals surface area contributed by atoms with Gasteiger partial charge >= 0.3 is 0 Å². The Kier molecular flexibility index (Phi) is 6.37. The van der Waals surface area contributed by atoms with Crippen LogP contribution in [0.4, 0.5) is 0 Å². The van der Waals surface area contributed by atoms with Crippen molar-refractivity contribution in [1.82, 2.24) is 20.4 Å². The Hall–Kier alpha value is -1.80. The van der Waals surface area contributed by atoms with Crippen molar-refractivity contribution in [2.45, 2.75) is 26.6 Å². The standard InChI is InChI=1S/C18H19ClN4OS2/c1-12-3-5-13(6-4-12)9-20-17(24)18-22-21-16(26-18)11-23(2)10-14-7-8-15(19)25-14/h3-8H,9-11H2,1-2H3,(H,20,24). The van der Waals surface area contributed by atoms with E-state index in [0.717, 1.165) is 21.5 Å². The number of carbonyl (C=O) groups excluding carboxylic acids is 1. The highest BCUT2D eigenvalue weighted by Gasteiger charge is 2.14. The van der Waals surface area contributed by atoms with Crippen molar-refractivity contribution in [2.75, 3.05) is 7.05 Å². The van der Waals surface area contributed by atoms with Gasteiger partial charge in [0.25, 0.3) is 5.91 Å². The van der Waals surface area contributed by atoms with Crippen LogP contribution in [0.2, 0.25) is 4.34 Å². The van der Waals surface area contributed by atoms with Crippen molar-refractivity contribution in [2.24, 2.45) is 0 Å². The molecule has 0 saturated carbocycles. The molecule has 1 N–H and O–H groups in total. The van der Waals surface area contributed by atoms with Crippen LogP contribution >= 0.6 is 34.3 Å². The number of nitrogens with one attached hydrogen (secondary N) is 1. The topological polar surface area (TPSA) is 58.1 Å². The molecule has 3 rings (SSSR count). The lowest BCUT2D eigenvalue weighted by atomic mass is 10.1. The van der Waals surface area contributed by atoms with E-state index in [1.54, 1.807) is 11.3 Å². The molecule has 136 valence electrons. The zero-order valence-electron chi connectivity index (χ0n) is 14.5. The van der Waals surface area contributed by atoms with Crippen LogP contribution in [0.1, 0.15) is 30.8 Å². The lowest BCUT2D eigenvalue weighted by molar-refractivity contribution is 0.0950. The highest BCUT2D eigenvalue weighted by molar-refractivity contribution is 7.16. The maximum absolute atomic E-state index is 12.2. The van der Waals surface area contributed by atoms with E-state index in [0.29, 0.717) is 18.1 Å². The molecule has 2 aromatic heterocycles. The van der Waals surface area contributed by atoms with E-state index in [2.05, 4.69) is 20.4 Å². The van der Waals surface area contributed by atoms with Gasteiger partial charge in [-0.15, -0.1) is 21.5 Å². The second-order valence-electron chi connectivity index (χ2n) is 6.05. The summed E-state index contributed by atoms with van der Waals surface area (Å²) in [7, 11) is 2.01. The Morgan fingerprint density at radius 3 is 2.58 bits per heavy atom. The minimum Gasteiger partial charge on any atom is -0.346 e. The van der Waals surface area contributed by atoms with E-state index in [-0.39, 0.29) is 5.91 Å². The zero-order valence-corrected chi connectivity index (χ0v) is 16.9. The quantitative estimate of drug-likeness (QED) is 0.641. The molecule has 1 aromatic carbocycles. The van der Waals surface area contributed by atoms with Crippen molar-refractivity contribution in [1.29, 1.82) is 0 Å². The summed E-state index contributed by atoms with van der Waals surface area (Å²) in [4.78, 5) is 15.6. The lowest BCUT2D eigenvalue weighted by Gasteiger charge is -2.12. The number of hydrogen-bond acceptors (Lipinski definition) is 6. The molecule has 0 unspecified atom stereocenters. The van der Waals surface area contributed by atoms with E-state index in [4.69, 9.17) is 11.6 Å². The van der Waals surface area contributed by atoms with Gasteiger partial charge in [-0.1, -0.05) is 52.8 Å². The maximum Gasteiger partial charge on any atom is 0.282 e. The average molecular weight is 407 g/mol. The third-order valence-electron chi connectivity index (χ3n) is 3.69. The molecule has 3 aromatic rings. The lowest BCUT2D eigenvalue weighted by Crippen LogP contribution is -2.22. The summed E-state index contributed by atoms with van der Waals surface area (Å²) < 4.78 is 0.789. The minimum atomic E-state index is -0.193. The van der Waals surface area contributed by atoms with Gasteiger partial charge in [-0.05, 0) is 31.7 Å². The van der Waals surface area contributed by atoms with Crippen LogP contribution in [0.5, 0.6) is 0 Å². The summed E-state index contributed by atoms with van der Waals surface area (Å²) in [5.74, 6) is -0.193. The second-order valence-corrected chi connectivity index (χ2v) is 8.91. The minimum absolute atomic E-state index is 0.193. The fraction of sp³-hybridized carbons (Fsp3) is 0.278. The summed E-state index contributed by atoms with van der Waals surface area (Å²) in [6.07, 6.45) is 0. The molecule has 8 heteroatoms. The number of carbonyl (C=O) groups is 1. The Bertz CT molecular complexity index is 875. The normalized spacial score (nSPS) is 11.1. The molecule has 0 aliphatic rings. The molecule has 0 spiro atoms. The predicted molar refractivity (Wildman–Crippen MR) is 107 cm³/mol. The summed E-state index contributed by atoms with van der Waals surface area (Å²) >= 11 is 8.85. The molecule has 0 saturated heterocycles. The monoisotopic (exact) mass is 406 g/mol. The van der Waals surface area contributed by atoms with E-state index >= 15 is 0 Å². The number of amides is 1. The number of aromatic nitrogens is 2. The van der Waals surface area contributed by atoms with Gasteiger partial charge in [0.15, 0.2) is 0 Å². The smallest absolute Gasteiger partial charge is 0.282 e. The highest BCUT2D eigenvalue weighted by Crippen LogP contribution is 2.23. The van der Waals surface area contributed by atoms with Crippen molar-refractivity contribution in [3.05, 3.63) is 66.8 Å². The first-order valence-electron chi connectivity index (χ1n) is 8.08. The first-order chi connectivity index (χ1) is 12.5. The molecule has 0 aliphatic heterocycles. The van der Waals surface area contributed by atoms with Crippen LogP contribution in [0.15, 0.2) is 36.4 Å². The van der Waals surface area contributed by atoms with Gasteiger partial charge in [0.05, 0.1) is 10.9 Å². The largest absolute Gasteiger partial charge is 0.346 e. The zero-order chi connectivity index (χ0) is 18.5. The molecule has 26 heavy (non-hydrogen) atoms. The number of nitrogens with zero attached hydrogens (tertiary/aromatic N) is 3. The third kappa shape index (κ3) is 5.35. The summed E-state index contributed by atoms with van der Waals surface area (Å²) in [6.45, 7) is 3.94. The third-order valence-corrected chi connectivity index (χ3v) is 5.82. The first kappa shape index (κ1) is 19.0. The van der Waals surface area contributed by atoms with Crippen LogP contribution in [0.3, 0.4) is 0 Å². The molecular formula is C18H19ClN4OS2. The van der Waals surface area contributed by atoms with Crippen LogP contribution in [0, 0.1) is 6.92 Å². The first-order valence-corrected chi connectivity index (χ1v) is 10.1. The molecule has 0 atom stereocenters. The van der Waals surface area contributed by atoms with Gasteiger partial charge in [0, 0.05) is 18.0 Å². The van der Waals surface area contributed by atoms with E-state index in [9.17, 15) is 4.79 Å². The SMILES string of the molecule is Cc1ccc(CNC(=O)c2nnc(CN(C)Cc3ccc(Cl)s3)s2)cc1. The Labute approximate surface area is 165 Å². The van der Waals surface area contributed by atoms with Crippen molar-refractivity contribution in [3.8, 4) is 0 Å². The predicted octanol–water partition coefficient (Wildman–Crippen LogP) is 4.12. The Morgan fingerprint density at radius 2 is 1.88 bits per heavy atom. The number of benzene rings is 1. The van der Waals surface area contributed by atoms with Crippen LogP contribution in [-0.2, 0) is 19.6 Å². The number of hydrogen-bond donors (Lipinski definition) is 1. The fourth-order valence-electron chi connectivity index (χ4n) is 2.36. The number of aryl methyl sites for hydroxylation is 1. The number of thiophene rings is 1. The van der Waals surface area contributed by atoms with Gasteiger partial charge in [-0.3, -0.25) is 9.69 Å². The van der Waals surface area contributed by atoms with E-state index < -0.39 is 0 Å². The van der Waals surface area contributed by atoms with Crippen LogP contribution < -0.4 is 5.32 Å². The van der Waals surface area contributed by atoms with E-state index in [1.165, 1.54) is 21.8 Å². The average Bonchev–Trinajstić information content (AvgIpc) is 3.23. The van der Waals surface area contributed by atoms with Gasteiger partial charge in [-0.2, -0.15) is 0 Å². The van der Waals surface area contributed by atoms with Gasteiger partial charge in [0.2, 0.25) is 5.01 Å². The second kappa shape index (κ2) is 8.73. The van der Waals surface area contributed by atoms with Crippen molar-refractivity contribution < 1.29 is 4.79 Å². The van der Waals surface area contributed by atoms with Gasteiger partial charge < -0.3 is 5.32 Å². The number of halogens is 1. The van der Waals surface area contributed by atoms with E-state index in [1.807, 2.05) is 50.4 Å². The van der Waals surface area contributed by atoms with Gasteiger partial charge in [-0.25, -0.2) is 0 Å². The molecule has 0 aliphatic carbocycles.